The Kier molecular flexibility index (Phi) is 6.46. The number of benzene rings is 2. The summed E-state index contributed by atoms with van der Waals surface area (Å²) >= 11 is 7.32. The van der Waals surface area contributed by atoms with E-state index >= 15 is 0 Å². The second-order valence-corrected chi connectivity index (χ2v) is 11.2. The fourth-order valence-corrected chi connectivity index (χ4v) is 7.49. The van der Waals surface area contributed by atoms with Gasteiger partial charge >= 0.3 is 5.97 Å². The zero-order chi connectivity index (χ0) is 24.0. The number of halogens is 2. The molecule has 3 fully saturated rings. The van der Waals surface area contributed by atoms with Crippen LogP contribution >= 0.6 is 31.9 Å². The van der Waals surface area contributed by atoms with Crippen molar-refractivity contribution >= 4 is 55.4 Å². The van der Waals surface area contributed by atoms with Gasteiger partial charge in [0.2, 0.25) is 11.8 Å². The molecule has 2 aromatic rings. The molecular weight excluding hydrogens is 566 g/mol. The zero-order valence-electron chi connectivity index (χ0n) is 18.2. The van der Waals surface area contributed by atoms with Gasteiger partial charge in [0.15, 0.2) is 12.4 Å². The topological polar surface area (TPSA) is 80.8 Å². The van der Waals surface area contributed by atoms with Gasteiger partial charge < -0.3 is 4.74 Å². The molecule has 2 bridgehead atoms. The van der Waals surface area contributed by atoms with E-state index in [-0.39, 0.29) is 70.5 Å². The van der Waals surface area contributed by atoms with Crippen LogP contribution in [0.25, 0.3) is 11.1 Å². The molecule has 5 rings (SSSR count). The molecule has 0 radical (unpaired) electrons. The third kappa shape index (κ3) is 4.05. The lowest BCUT2D eigenvalue weighted by Gasteiger charge is -2.28. The van der Waals surface area contributed by atoms with Crippen molar-refractivity contribution in [1.82, 2.24) is 4.90 Å². The van der Waals surface area contributed by atoms with Crippen molar-refractivity contribution in [2.24, 2.45) is 23.7 Å². The fraction of sp³-hybridized carbons (Fsp3) is 0.385. The number of amides is 2. The molecule has 6 nitrogen and oxygen atoms in total. The second kappa shape index (κ2) is 9.38. The second-order valence-electron chi connectivity index (χ2n) is 9.11. The Labute approximate surface area is 214 Å². The van der Waals surface area contributed by atoms with Crippen LogP contribution in [0.3, 0.4) is 0 Å². The van der Waals surface area contributed by atoms with Crippen molar-refractivity contribution in [3.8, 4) is 11.1 Å². The zero-order valence-corrected chi connectivity index (χ0v) is 21.4. The van der Waals surface area contributed by atoms with Crippen LogP contribution in [0.2, 0.25) is 0 Å². The van der Waals surface area contributed by atoms with E-state index in [9.17, 15) is 19.2 Å². The van der Waals surface area contributed by atoms with Gasteiger partial charge in [0, 0.05) is 21.8 Å². The quantitative estimate of drug-likeness (QED) is 0.209. The first kappa shape index (κ1) is 23.4. The lowest BCUT2D eigenvalue weighted by Crippen LogP contribution is -2.37. The number of likely N-dealkylation sites (tertiary alicyclic amines) is 1. The van der Waals surface area contributed by atoms with Gasteiger partial charge in [-0.25, -0.2) is 0 Å². The van der Waals surface area contributed by atoms with Gasteiger partial charge in [-0.15, -0.1) is 0 Å². The molecule has 8 heteroatoms. The number of imide groups is 1. The number of carbonyl (C=O) groups excluding carboxylic acids is 4. The summed E-state index contributed by atoms with van der Waals surface area (Å²) in [6.45, 7) is -0.389. The predicted octanol–water partition coefficient (Wildman–Crippen LogP) is 4.25. The third-order valence-corrected chi connectivity index (χ3v) is 10.5. The van der Waals surface area contributed by atoms with Gasteiger partial charge in [-0.3, -0.25) is 24.1 Å². The minimum atomic E-state index is -0.605. The molecule has 2 aliphatic carbocycles. The molecule has 0 aromatic heterocycles. The lowest BCUT2D eigenvalue weighted by molar-refractivity contribution is -0.145. The van der Waals surface area contributed by atoms with Crippen molar-refractivity contribution in [1.29, 1.82) is 0 Å². The molecule has 0 N–H and O–H groups in total. The van der Waals surface area contributed by atoms with Gasteiger partial charge in [-0.2, -0.15) is 0 Å². The highest BCUT2D eigenvalue weighted by Gasteiger charge is 2.66. The molecule has 176 valence electrons. The molecule has 2 aromatic carbocycles. The largest absolute Gasteiger partial charge is 0.457 e. The Hall–Kier alpha value is -2.32. The third-order valence-electron chi connectivity index (χ3n) is 7.30. The number of alkyl halides is 2. The van der Waals surface area contributed by atoms with Gasteiger partial charge in [0.25, 0.3) is 0 Å². The average Bonchev–Trinajstić information content (AvgIpc) is 3.47. The summed E-state index contributed by atoms with van der Waals surface area (Å²) in [6.07, 6.45) is 0.741. The molecule has 1 saturated heterocycles. The van der Waals surface area contributed by atoms with Crippen LogP contribution in [0.15, 0.2) is 54.6 Å². The highest BCUT2D eigenvalue weighted by molar-refractivity contribution is 9.12. The van der Waals surface area contributed by atoms with Crippen LogP contribution in [0.5, 0.6) is 0 Å². The maximum absolute atomic E-state index is 12.9. The van der Waals surface area contributed by atoms with E-state index in [1.165, 1.54) is 4.90 Å². The number of carbonyl (C=O) groups is 4. The molecule has 0 spiro atoms. The number of hydrogen-bond acceptors (Lipinski definition) is 5. The van der Waals surface area contributed by atoms with Gasteiger partial charge in [-0.1, -0.05) is 86.5 Å². The highest BCUT2D eigenvalue weighted by atomic mass is 79.9. The van der Waals surface area contributed by atoms with Crippen LogP contribution in [-0.2, 0) is 19.1 Å². The molecular formula is C26H23Br2NO5. The molecule has 2 saturated carbocycles. The molecule has 0 unspecified atom stereocenters. The van der Waals surface area contributed by atoms with E-state index in [1.807, 2.05) is 42.5 Å². The standard InChI is InChI=1S/C26H23Br2NO5/c27-23-17-12-18(24(23)28)22-21(17)25(32)29(26(22)33)11-10-20(31)34-13-19(30)16-8-6-15(7-9-16)14-4-2-1-3-5-14/h1-9,17-18,21-24H,10-13H2/t17-,18+,21-,22+,23-,24+. The molecule has 6 atom stereocenters. The summed E-state index contributed by atoms with van der Waals surface area (Å²) < 4.78 is 5.13. The molecule has 2 amide bonds. The van der Waals surface area contributed by atoms with E-state index < -0.39 is 5.97 Å². The lowest BCUT2D eigenvalue weighted by atomic mass is 9.81. The summed E-state index contributed by atoms with van der Waals surface area (Å²) in [5, 5.41) is 0. The van der Waals surface area contributed by atoms with E-state index in [4.69, 9.17) is 4.74 Å². The maximum Gasteiger partial charge on any atom is 0.308 e. The highest BCUT2D eigenvalue weighted by Crippen LogP contribution is 2.60. The Morgan fingerprint density at radius 2 is 1.41 bits per heavy atom. The Morgan fingerprint density at radius 1 is 0.853 bits per heavy atom. The first-order valence-electron chi connectivity index (χ1n) is 11.3. The smallest absolute Gasteiger partial charge is 0.308 e. The molecule has 1 aliphatic heterocycles. The minimum Gasteiger partial charge on any atom is -0.457 e. The SMILES string of the molecule is O=C(CCN1C(=O)[C@@H]2[C@H]3C[C@H]([C@H](Br)[C@@H]3Br)[C@@H]2C1=O)OCC(=O)c1ccc(-c2ccccc2)cc1. The van der Waals surface area contributed by atoms with Gasteiger partial charge in [0.05, 0.1) is 18.3 Å². The maximum atomic E-state index is 12.9. The first-order chi connectivity index (χ1) is 16.4. The fourth-order valence-electron chi connectivity index (χ4n) is 5.61. The van der Waals surface area contributed by atoms with Gasteiger partial charge in [-0.05, 0) is 29.4 Å². The summed E-state index contributed by atoms with van der Waals surface area (Å²) in [5.74, 6) is -1.61. The average molecular weight is 589 g/mol. The van der Waals surface area contributed by atoms with Crippen molar-refractivity contribution < 1.29 is 23.9 Å². The Bertz CT molecular complexity index is 1100. The monoisotopic (exact) mass is 587 g/mol. The Morgan fingerprint density at radius 3 is 2.00 bits per heavy atom. The summed E-state index contributed by atoms with van der Waals surface area (Å²) in [4.78, 5) is 52.0. The Balaban J connectivity index is 1.12. The minimum absolute atomic E-state index is 0.0111. The summed E-state index contributed by atoms with van der Waals surface area (Å²) in [7, 11) is 0. The van der Waals surface area contributed by atoms with Crippen LogP contribution in [0.1, 0.15) is 23.2 Å². The number of hydrogen-bond donors (Lipinski definition) is 0. The van der Waals surface area contributed by atoms with E-state index in [1.54, 1.807) is 12.1 Å². The normalized spacial score (nSPS) is 29.4. The van der Waals surface area contributed by atoms with Crippen molar-refractivity contribution in [2.75, 3.05) is 13.2 Å². The number of ether oxygens (including phenoxy) is 1. The number of nitrogens with zero attached hydrogens (tertiary/aromatic N) is 1. The molecule has 3 aliphatic rings. The van der Waals surface area contributed by atoms with Crippen LogP contribution in [0, 0.1) is 23.7 Å². The molecule has 34 heavy (non-hydrogen) atoms. The van der Waals surface area contributed by atoms with Crippen LogP contribution in [0.4, 0.5) is 0 Å². The van der Waals surface area contributed by atoms with Gasteiger partial charge in [0.1, 0.15) is 0 Å². The number of ketones is 1. The van der Waals surface area contributed by atoms with Crippen molar-refractivity contribution in [2.45, 2.75) is 22.5 Å². The summed E-state index contributed by atoms with van der Waals surface area (Å²) in [6, 6.07) is 16.9. The van der Waals surface area contributed by atoms with E-state index in [0.717, 1.165) is 17.5 Å². The summed E-state index contributed by atoms with van der Waals surface area (Å²) in [5.41, 5.74) is 2.49. The van der Waals surface area contributed by atoms with E-state index in [2.05, 4.69) is 31.9 Å². The first-order valence-corrected chi connectivity index (χ1v) is 13.2. The number of fused-ring (bicyclic) bond motifs is 5. The number of Topliss-reactive ketones (excluding diaryl/α,β-unsaturated/α-hetero) is 1. The number of rotatable bonds is 7. The van der Waals surface area contributed by atoms with Crippen molar-refractivity contribution in [3.63, 3.8) is 0 Å². The molecule has 1 heterocycles. The van der Waals surface area contributed by atoms with Crippen molar-refractivity contribution in [3.05, 3.63) is 60.2 Å². The van der Waals surface area contributed by atoms with E-state index in [0.29, 0.717) is 5.56 Å². The predicted molar refractivity (Wildman–Crippen MR) is 133 cm³/mol. The van der Waals surface area contributed by atoms with Crippen LogP contribution in [-0.4, -0.2) is 51.3 Å². The number of esters is 1. The van der Waals surface area contributed by atoms with Crippen LogP contribution < -0.4 is 0 Å².